The zero-order valence-electron chi connectivity index (χ0n) is 16.6. The van der Waals surface area contributed by atoms with Crippen molar-refractivity contribution in [2.45, 2.75) is 35.4 Å². The van der Waals surface area contributed by atoms with Crippen LogP contribution in [0.4, 0.5) is 36.4 Å². The van der Waals surface area contributed by atoms with Gasteiger partial charge in [-0.2, -0.15) is 26.3 Å². The van der Waals surface area contributed by atoms with Crippen molar-refractivity contribution in [3.63, 3.8) is 0 Å². The van der Waals surface area contributed by atoms with Gasteiger partial charge in [-0.1, -0.05) is 17.7 Å². The van der Waals surface area contributed by atoms with Crippen LogP contribution < -0.4 is 5.32 Å². The van der Waals surface area contributed by atoms with Crippen LogP contribution in [0.5, 0.6) is 0 Å². The van der Waals surface area contributed by atoms with Crippen LogP contribution in [0, 0.1) is 11.7 Å². The topological polar surface area (TPSA) is 46.2 Å². The smallest absolute Gasteiger partial charge is 0.326 e. The van der Waals surface area contributed by atoms with Crippen LogP contribution in [0.25, 0.3) is 0 Å². The molecule has 0 heterocycles. The van der Waals surface area contributed by atoms with Gasteiger partial charge in [-0.05, 0) is 35.9 Å². The molecule has 3 rings (SSSR count). The van der Waals surface area contributed by atoms with Crippen molar-refractivity contribution in [3.05, 3.63) is 63.9 Å². The third kappa shape index (κ3) is 5.78. The fraction of sp³-hybridized carbons (Fsp3) is 0.333. The number of amides is 1. The van der Waals surface area contributed by atoms with E-state index in [-0.39, 0.29) is 21.8 Å². The van der Waals surface area contributed by atoms with E-state index < -0.39 is 64.4 Å². The zero-order valence-corrected chi connectivity index (χ0v) is 18.9. The molecule has 2 aromatic rings. The number of carbonyl (C=O) groups is 2. The number of hydrogen-bond donors (Lipinski definition) is 1. The second kappa shape index (κ2) is 9.20. The number of rotatable bonds is 6. The summed E-state index contributed by atoms with van der Waals surface area (Å²) in [7, 11) is 0. The normalized spacial score (nSPS) is 19.6. The molecule has 1 N–H and O–H groups in total. The average molecular weight is 551 g/mol. The van der Waals surface area contributed by atoms with Crippen LogP contribution in [-0.2, 0) is 11.0 Å². The molecule has 1 amide bonds. The Labute approximate surface area is 203 Å². The maximum absolute atomic E-state index is 13.6. The minimum atomic E-state index is -4.98. The van der Waals surface area contributed by atoms with Gasteiger partial charge in [0.25, 0.3) is 0 Å². The van der Waals surface area contributed by atoms with E-state index in [1.165, 1.54) is 12.1 Å². The van der Waals surface area contributed by atoms with Gasteiger partial charge in [0.1, 0.15) is 10.2 Å². The van der Waals surface area contributed by atoms with Gasteiger partial charge >= 0.3 is 12.4 Å². The van der Waals surface area contributed by atoms with E-state index in [2.05, 4.69) is 5.32 Å². The Balaban J connectivity index is 1.78. The minimum absolute atomic E-state index is 0.0189. The number of benzene rings is 2. The summed E-state index contributed by atoms with van der Waals surface area (Å²) < 4.78 is 88.0. The SMILES string of the molecule is O=C(CCC(F)(F)F)c1cc(NC(=O)C2C(c3ccc(F)c(C(F)(F)F)c3)C2(Cl)Cl)ccc1Cl. The molecule has 2 aromatic carbocycles. The molecule has 0 aliphatic heterocycles. The maximum Gasteiger partial charge on any atom is 0.419 e. The minimum Gasteiger partial charge on any atom is -0.326 e. The van der Waals surface area contributed by atoms with Crippen LogP contribution in [0.2, 0.25) is 5.02 Å². The first-order valence-electron chi connectivity index (χ1n) is 9.47. The number of halogens is 10. The van der Waals surface area contributed by atoms with Crippen LogP contribution >= 0.6 is 34.8 Å². The lowest BCUT2D eigenvalue weighted by molar-refractivity contribution is -0.140. The van der Waals surface area contributed by atoms with Gasteiger partial charge < -0.3 is 5.32 Å². The van der Waals surface area contributed by atoms with Gasteiger partial charge in [-0.25, -0.2) is 4.39 Å². The number of carbonyl (C=O) groups excluding carboxylic acids is 2. The van der Waals surface area contributed by atoms with Crippen molar-refractivity contribution < 1.29 is 40.3 Å². The van der Waals surface area contributed by atoms with Gasteiger partial charge in [0.2, 0.25) is 5.91 Å². The number of Topliss-reactive ketones (excluding diaryl/α,β-unsaturated/α-hetero) is 1. The van der Waals surface area contributed by atoms with Gasteiger partial charge in [0.05, 0.1) is 22.9 Å². The lowest BCUT2D eigenvalue weighted by atomic mass is 10.0. The number of hydrogen-bond acceptors (Lipinski definition) is 2. The molecular weight excluding hydrogens is 538 g/mol. The van der Waals surface area contributed by atoms with Gasteiger partial charge in [0.15, 0.2) is 5.78 Å². The van der Waals surface area contributed by atoms with Crippen LogP contribution in [0.15, 0.2) is 36.4 Å². The summed E-state index contributed by atoms with van der Waals surface area (Å²) >= 11 is 18.1. The Kier molecular flexibility index (Phi) is 7.19. The van der Waals surface area contributed by atoms with Gasteiger partial charge in [0, 0.05) is 23.6 Å². The number of anilines is 1. The average Bonchev–Trinajstić information content (AvgIpc) is 3.28. The first kappa shape index (κ1) is 26.6. The molecule has 1 fully saturated rings. The predicted molar refractivity (Wildman–Crippen MR) is 112 cm³/mol. The van der Waals surface area contributed by atoms with E-state index >= 15 is 0 Å². The van der Waals surface area contributed by atoms with E-state index in [9.17, 15) is 40.3 Å². The van der Waals surface area contributed by atoms with Crippen molar-refractivity contribution in [1.82, 2.24) is 0 Å². The zero-order chi connectivity index (χ0) is 25.6. The molecule has 184 valence electrons. The van der Waals surface area contributed by atoms with Crippen LogP contribution in [-0.4, -0.2) is 22.2 Å². The summed E-state index contributed by atoms with van der Waals surface area (Å²) in [5.74, 6) is -5.57. The molecule has 13 heteroatoms. The van der Waals surface area contributed by atoms with Crippen molar-refractivity contribution in [2.75, 3.05) is 5.32 Å². The standard InChI is InChI=1S/C21H13Cl3F7NO2/c22-13-3-2-10(8-11(13)15(33)5-6-19(26,27)28)32-18(34)17-16(20(17,23)24)9-1-4-14(25)12(7-9)21(29,30)31/h1-4,7-8,16-17H,5-6H2,(H,32,34). The summed E-state index contributed by atoms with van der Waals surface area (Å²) in [5, 5.41) is 2.24. The van der Waals surface area contributed by atoms with E-state index in [1.54, 1.807) is 0 Å². The molecule has 2 unspecified atom stereocenters. The summed E-state index contributed by atoms with van der Waals surface area (Å²) in [6.45, 7) is 0. The van der Waals surface area contributed by atoms with Crippen molar-refractivity contribution in [1.29, 1.82) is 0 Å². The second-order valence-electron chi connectivity index (χ2n) is 7.59. The lowest BCUT2D eigenvalue weighted by Gasteiger charge is -2.11. The molecule has 1 saturated carbocycles. The van der Waals surface area contributed by atoms with E-state index in [0.717, 1.165) is 12.1 Å². The molecule has 0 spiro atoms. The van der Waals surface area contributed by atoms with Crippen molar-refractivity contribution >= 4 is 52.2 Å². The van der Waals surface area contributed by atoms with E-state index in [1.807, 2.05) is 0 Å². The number of nitrogens with one attached hydrogen (secondary N) is 1. The van der Waals surface area contributed by atoms with Crippen LogP contribution in [0.3, 0.4) is 0 Å². The molecule has 1 aliphatic carbocycles. The molecule has 0 aromatic heterocycles. The third-order valence-electron chi connectivity index (χ3n) is 5.16. The summed E-state index contributed by atoms with van der Waals surface area (Å²) in [5.41, 5.74) is -1.93. The monoisotopic (exact) mass is 549 g/mol. The van der Waals surface area contributed by atoms with E-state index in [4.69, 9.17) is 34.8 Å². The second-order valence-corrected chi connectivity index (χ2v) is 9.44. The molecule has 34 heavy (non-hydrogen) atoms. The molecule has 0 bridgehead atoms. The van der Waals surface area contributed by atoms with Crippen molar-refractivity contribution in [2.24, 2.45) is 5.92 Å². The van der Waals surface area contributed by atoms with Crippen LogP contribution in [0.1, 0.15) is 40.2 Å². The largest absolute Gasteiger partial charge is 0.419 e. The Morgan fingerprint density at radius 1 is 1.00 bits per heavy atom. The molecule has 0 radical (unpaired) electrons. The highest BCUT2D eigenvalue weighted by Crippen LogP contribution is 2.65. The number of alkyl halides is 8. The Morgan fingerprint density at radius 3 is 2.24 bits per heavy atom. The third-order valence-corrected chi connectivity index (χ3v) is 6.43. The first-order chi connectivity index (χ1) is 15.5. The van der Waals surface area contributed by atoms with Crippen molar-refractivity contribution in [3.8, 4) is 0 Å². The molecular formula is C21H13Cl3F7NO2. The predicted octanol–water partition coefficient (Wildman–Crippen LogP) is 7.55. The summed E-state index contributed by atoms with van der Waals surface area (Å²) in [6.07, 6.45) is -11.7. The molecule has 1 aliphatic rings. The fourth-order valence-electron chi connectivity index (χ4n) is 3.45. The molecule has 0 saturated heterocycles. The van der Waals surface area contributed by atoms with E-state index in [0.29, 0.717) is 12.1 Å². The Morgan fingerprint density at radius 2 is 1.65 bits per heavy atom. The summed E-state index contributed by atoms with van der Waals surface area (Å²) in [6, 6.07) is 5.66. The van der Waals surface area contributed by atoms with Gasteiger partial charge in [-0.3, -0.25) is 9.59 Å². The van der Waals surface area contributed by atoms with Gasteiger partial charge in [-0.15, -0.1) is 23.2 Å². The molecule has 2 atom stereocenters. The highest BCUT2D eigenvalue weighted by atomic mass is 35.5. The quantitative estimate of drug-likeness (QED) is 0.229. The number of ketones is 1. The Hall–Kier alpha value is -2.04. The fourth-order valence-corrected chi connectivity index (χ4v) is 4.50. The first-order valence-corrected chi connectivity index (χ1v) is 10.6. The lowest BCUT2D eigenvalue weighted by Crippen LogP contribution is -2.17. The molecule has 3 nitrogen and oxygen atoms in total. The highest BCUT2D eigenvalue weighted by Gasteiger charge is 2.67. The highest BCUT2D eigenvalue weighted by molar-refractivity contribution is 6.53. The maximum atomic E-state index is 13.6. The Bertz CT molecular complexity index is 1130. The summed E-state index contributed by atoms with van der Waals surface area (Å²) in [4.78, 5) is 24.8.